The average molecular weight is 1180 g/mol. The highest BCUT2D eigenvalue weighted by Gasteiger charge is 2.57. The topological polar surface area (TPSA) is 480 Å². The summed E-state index contributed by atoms with van der Waals surface area (Å²) >= 11 is 0. The number of alkyl halides is 15. The van der Waals surface area contributed by atoms with E-state index in [1.165, 1.54) is 69.2 Å². The molecule has 1 rings (SSSR count). The summed E-state index contributed by atoms with van der Waals surface area (Å²) in [7, 11) is 0. The molecule has 15 N–H and O–H groups in total. The summed E-state index contributed by atoms with van der Waals surface area (Å²) in [6, 6.07) is 0. The highest BCUT2D eigenvalue weighted by molar-refractivity contribution is 5.81. The molecule has 26 nitrogen and oxygen atoms in total. The van der Waals surface area contributed by atoms with E-state index in [0.29, 0.717) is 0 Å². The summed E-state index contributed by atoms with van der Waals surface area (Å²) in [5, 5.41) is 43.9. The van der Waals surface area contributed by atoms with Crippen molar-refractivity contribution in [2.45, 2.75) is 159 Å². The van der Waals surface area contributed by atoms with Crippen molar-refractivity contribution in [3.63, 3.8) is 0 Å². The van der Waals surface area contributed by atoms with Gasteiger partial charge in [-0.3, -0.25) is 0 Å². The molecule has 1 aliphatic rings. The van der Waals surface area contributed by atoms with Gasteiger partial charge in [-0.15, -0.1) is 0 Å². The molecule has 77 heavy (non-hydrogen) atoms. The molecule has 0 amide bonds. The molecule has 0 spiro atoms. The highest BCUT2D eigenvalue weighted by Crippen LogP contribution is 2.32. The Bertz CT molecular complexity index is 1890. The maximum Gasteiger partial charge on any atom is 0.430 e. The predicted molar refractivity (Wildman–Crippen MR) is 195 cm³/mol. The number of carboxylic acids is 5. The summed E-state index contributed by atoms with van der Waals surface area (Å²) < 4.78 is 192. The second-order valence-electron chi connectivity index (χ2n) is 18.0. The van der Waals surface area contributed by atoms with E-state index in [1.54, 1.807) is 0 Å². The van der Waals surface area contributed by atoms with Crippen molar-refractivity contribution >= 4 is 59.7 Å². The van der Waals surface area contributed by atoms with E-state index in [9.17, 15) is 89.8 Å². The first kappa shape index (κ1) is 79.3. The maximum absolute atomic E-state index is 13.1. The molecular formula is C36H52F15N5O21. The molecular weight excluding hydrogens is 1120 g/mol. The predicted octanol–water partition coefficient (Wildman–Crippen LogP) is -8.87. The Morgan fingerprint density at radius 2 is 0.532 bits per heavy atom. The monoisotopic (exact) mass is 1180 g/mol. The Kier molecular flexibility index (Phi) is 30.1. The van der Waals surface area contributed by atoms with Crippen LogP contribution in [0.25, 0.3) is 0 Å². The lowest BCUT2D eigenvalue weighted by Gasteiger charge is -2.45. The van der Waals surface area contributed by atoms with Gasteiger partial charge in [0.1, 0.15) is 42.6 Å². The van der Waals surface area contributed by atoms with Crippen molar-refractivity contribution in [1.82, 2.24) is 0 Å². The molecule has 1 fully saturated rings. The van der Waals surface area contributed by atoms with Gasteiger partial charge >= 0.3 is 60.7 Å². The summed E-state index contributed by atoms with van der Waals surface area (Å²) in [6.45, 7) is 14.4. The fraction of sp³-hybridized carbons (Fsp3) is 0.722. The molecule has 0 unspecified atom stereocenters. The molecule has 0 bridgehead atoms. The number of carboxylic acid groups (broad SMARTS) is 5. The third-order valence-electron chi connectivity index (χ3n) is 6.84. The molecule has 0 aliphatic carbocycles. The van der Waals surface area contributed by atoms with Crippen LogP contribution in [0.15, 0.2) is 0 Å². The average Bonchev–Trinajstić information content (AvgIpc) is 3.16. The summed E-state index contributed by atoms with van der Waals surface area (Å²) in [5.74, 6) is -19.2. The van der Waals surface area contributed by atoms with Gasteiger partial charge in [0.2, 0.25) is 12.4 Å². The Balaban J connectivity index is -0.000000391. The van der Waals surface area contributed by atoms with Gasteiger partial charge in [-0.1, -0.05) is 0 Å². The zero-order valence-electron chi connectivity index (χ0n) is 41.4. The molecule has 1 heterocycles. The van der Waals surface area contributed by atoms with Crippen molar-refractivity contribution in [2.75, 3.05) is 6.61 Å². The molecule has 0 aromatic heterocycles. The molecule has 0 radical (unpaired) electrons. The van der Waals surface area contributed by atoms with Gasteiger partial charge < -0.3 is 107 Å². The van der Waals surface area contributed by atoms with Crippen molar-refractivity contribution in [1.29, 1.82) is 0 Å². The third kappa shape index (κ3) is 35.4. The number of hydrogen-bond donors (Lipinski definition) is 5. The quantitative estimate of drug-likeness (QED) is 0.0728. The van der Waals surface area contributed by atoms with Crippen LogP contribution in [-0.4, -0.2) is 156 Å². The Morgan fingerprint density at radius 1 is 0.351 bits per heavy atom. The maximum atomic E-state index is 13.1. The van der Waals surface area contributed by atoms with Gasteiger partial charge in [-0.25, -0.2) is 24.0 Å². The van der Waals surface area contributed by atoms with Gasteiger partial charge in [0.15, 0.2) is 39.9 Å². The lowest BCUT2D eigenvalue weighted by atomic mass is 9.96. The fourth-order valence-electron chi connectivity index (χ4n) is 2.98. The fourth-order valence-corrected chi connectivity index (χ4v) is 2.98. The molecule has 0 saturated carbocycles. The Labute approximate surface area is 421 Å². The summed E-state index contributed by atoms with van der Waals surface area (Å²) in [6.07, 6.45) is -33.9. The van der Waals surface area contributed by atoms with E-state index in [-0.39, 0.29) is 0 Å². The van der Waals surface area contributed by atoms with E-state index in [2.05, 4.69) is 28.7 Å². The van der Waals surface area contributed by atoms with Gasteiger partial charge in [-0.05, 0) is 0 Å². The van der Waals surface area contributed by atoms with Crippen molar-refractivity contribution < 1.29 is 196 Å². The lowest BCUT2D eigenvalue weighted by molar-refractivity contribution is -0.459. The second kappa shape index (κ2) is 29.2. The highest BCUT2D eigenvalue weighted by atomic mass is 19.4. The van der Waals surface area contributed by atoms with E-state index >= 15 is 0 Å². The van der Waals surface area contributed by atoms with Crippen molar-refractivity contribution in [3.8, 4) is 0 Å². The zero-order valence-corrected chi connectivity index (χ0v) is 41.4. The Hall–Kier alpha value is -6.59. The van der Waals surface area contributed by atoms with Gasteiger partial charge in [0.25, 0.3) is 0 Å². The molecule has 452 valence electrons. The normalized spacial score (nSPS) is 18.1. The van der Waals surface area contributed by atoms with Gasteiger partial charge in [-0.2, -0.15) is 65.9 Å². The first-order valence-electron chi connectivity index (χ1n) is 19.6. The van der Waals surface area contributed by atoms with Crippen LogP contribution in [0.3, 0.4) is 0 Å². The number of carbonyl (C=O) groups excluding carboxylic acids is 10. The summed E-state index contributed by atoms with van der Waals surface area (Å²) in [5.41, 5.74) is 12.5. The van der Waals surface area contributed by atoms with Crippen LogP contribution in [0.1, 0.15) is 69.2 Å². The van der Waals surface area contributed by atoms with Crippen LogP contribution in [-0.2, 0) is 76.4 Å². The van der Waals surface area contributed by atoms with Gasteiger partial charge in [0.05, 0.1) is 0 Å². The second-order valence-corrected chi connectivity index (χ2v) is 18.0. The van der Waals surface area contributed by atoms with E-state index in [1.807, 2.05) is 0 Å². The molecule has 0 aromatic rings. The van der Waals surface area contributed by atoms with E-state index in [0.717, 1.165) is 0 Å². The minimum atomic E-state index is -5.19. The first-order valence-corrected chi connectivity index (χ1v) is 19.6. The van der Waals surface area contributed by atoms with Crippen molar-refractivity contribution in [2.24, 2.45) is 0 Å². The minimum Gasteiger partial charge on any atom is -0.542 e. The number of quaternary nitrogens is 5. The Morgan fingerprint density at radius 3 is 0.727 bits per heavy atom. The number of hydrogen-bond acceptors (Lipinski definition) is 21. The van der Waals surface area contributed by atoms with Crippen LogP contribution >= 0.6 is 0 Å². The number of rotatable bonds is 11. The first-order chi connectivity index (χ1) is 33.3. The van der Waals surface area contributed by atoms with Crippen LogP contribution in [0.4, 0.5) is 65.9 Å². The molecule has 0 aromatic carbocycles. The molecule has 1 saturated heterocycles. The number of carbonyl (C=O) groups is 10. The number of ether oxygens (including phenoxy) is 6. The standard InChI is InChI=1S/C26H47N5O11.5C2HF3O2/c1-22(2,27)17(32)37-11-12-13(39-18(33)23(3,4)28)14(40-19(34)24(5,6)29)15(41-20(35)25(7,8)30)16(38-12)42-21(36)26(9,10)31;5*3-2(4,5)1(6)7/h12-16H,11,27-31H2,1-10H3;5*(H,6,7)/t12-,13+,14+,15-,16-;;;;;/m1...../s1. The van der Waals surface area contributed by atoms with Crippen LogP contribution < -0.4 is 54.2 Å². The number of halogens is 15. The SMILES string of the molecule is CC(C)([NH3+])C(=O)OC[C@H]1O[C@H](OC(=O)C(C)(C)[NH3+])[C@H](OC(=O)C(C)(C)[NH3+])[C@@H](OC(=O)C(C)(C)[NH3+])[C@H]1OC(=O)C(C)(C)[NH3+].O=C([O-])C(F)(F)F.O=C([O-])C(F)(F)F.O=C([O-])C(F)(F)F.O=C([O-])C(F)(F)F.O=C([O-])C(F)(F)F. The van der Waals surface area contributed by atoms with E-state index in [4.69, 9.17) is 77.9 Å². The molecule has 1 aliphatic heterocycles. The third-order valence-corrected chi connectivity index (χ3v) is 6.84. The lowest BCUT2D eigenvalue weighted by Crippen LogP contribution is -2.77. The van der Waals surface area contributed by atoms with Gasteiger partial charge in [0, 0.05) is 69.2 Å². The summed E-state index contributed by atoms with van der Waals surface area (Å²) in [4.78, 5) is 109. The van der Waals surface area contributed by atoms with E-state index < -0.39 is 156 Å². The zero-order chi connectivity index (χ0) is 63.6. The minimum absolute atomic E-state index is 0.543. The largest absolute Gasteiger partial charge is 0.542 e. The van der Waals surface area contributed by atoms with Crippen molar-refractivity contribution in [3.05, 3.63) is 0 Å². The van der Waals surface area contributed by atoms with Crippen LogP contribution in [0.2, 0.25) is 0 Å². The molecule has 5 atom stereocenters. The van der Waals surface area contributed by atoms with Crippen LogP contribution in [0, 0.1) is 0 Å². The number of aliphatic carboxylic acids is 5. The molecule has 41 heteroatoms. The smallest absolute Gasteiger partial charge is 0.430 e. The van der Waals surface area contributed by atoms with Crippen LogP contribution in [0.5, 0.6) is 0 Å². The number of esters is 5.